The van der Waals surface area contributed by atoms with Gasteiger partial charge in [0.1, 0.15) is 12.4 Å². The van der Waals surface area contributed by atoms with Gasteiger partial charge < -0.3 is 9.84 Å². The van der Waals surface area contributed by atoms with Crippen molar-refractivity contribution in [3.05, 3.63) is 86.8 Å². The van der Waals surface area contributed by atoms with E-state index in [0.29, 0.717) is 26.8 Å². The zero-order valence-corrected chi connectivity index (χ0v) is 19.5. The van der Waals surface area contributed by atoms with Crippen LogP contribution < -0.4 is 9.64 Å². The van der Waals surface area contributed by atoms with E-state index in [1.165, 1.54) is 23.2 Å². The second kappa shape index (κ2) is 9.13. The van der Waals surface area contributed by atoms with Gasteiger partial charge in [0.25, 0.3) is 5.91 Å². The summed E-state index contributed by atoms with van der Waals surface area (Å²) in [5, 5.41) is 12.8. The van der Waals surface area contributed by atoms with Gasteiger partial charge in [0.05, 0.1) is 27.1 Å². The van der Waals surface area contributed by atoms with Crippen LogP contribution in [0.4, 0.5) is 5.13 Å². The predicted molar refractivity (Wildman–Crippen MR) is 128 cm³/mol. The summed E-state index contributed by atoms with van der Waals surface area (Å²) in [5.74, 6) is -1.48. The Hall–Kier alpha value is -3.56. The summed E-state index contributed by atoms with van der Waals surface area (Å²) in [5.41, 5.74) is 1.00. The summed E-state index contributed by atoms with van der Waals surface area (Å²) < 4.78 is 5.63. The fourth-order valence-corrected chi connectivity index (χ4v) is 5.30. The van der Waals surface area contributed by atoms with Crippen molar-refractivity contribution in [2.75, 3.05) is 11.5 Å². The number of benzene rings is 1. The fourth-order valence-electron chi connectivity index (χ4n) is 3.63. The third-order valence-corrected chi connectivity index (χ3v) is 7.18. The summed E-state index contributed by atoms with van der Waals surface area (Å²) in [6, 6.07) is 9.38. The number of aliphatic hydroxyl groups is 1. The van der Waals surface area contributed by atoms with Crippen LogP contribution in [0.5, 0.6) is 5.75 Å². The Kier molecular flexibility index (Phi) is 6.26. The minimum Gasteiger partial charge on any atom is -0.503 e. The summed E-state index contributed by atoms with van der Waals surface area (Å²) in [4.78, 5) is 45.1. The summed E-state index contributed by atoms with van der Waals surface area (Å²) >= 11 is 2.27. The molecule has 1 aliphatic heterocycles. The van der Waals surface area contributed by atoms with Crippen LogP contribution in [0.1, 0.15) is 43.6 Å². The van der Waals surface area contributed by atoms with Crippen LogP contribution in [0.2, 0.25) is 0 Å². The van der Waals surface area contributed by atoms with Gasteiger partial charge in [-0.15, -0.1) is 11.3 Å². The first-order chi connectivity index (χ1) is 15.8. The van der Waals surface area contributed by atoms with Crippen LogP contribution in [0, 0.1) is 6.92 Å². The number of thiazole rings is 1. The second-order valence-electron chi connectivity index (χ2n) is 7.29. The van der Waals surface area contributed by atoms with Gasteiger partial charge in [-0.1, -0.05) is 42.2 Å². The molecule has 33 heavy (non-hydrogen) atoms. The number of nitrogens with zero attached hydrogens (tertiary/aromatic N) is 2. The lowest BCUT2D eigenvalue weighted by atomic mass is 9.95. The average Bonchev–Trinajstić information content (AvgIpc) is 3.51. The number of carbonyl (C=O) groups is 3. The molecule has 0 saturated carbocycles. The quantitative estimate of drug-likeness (QED) is 0.357. The number of ether oxygens (including phenoxy) is 1. The lowest BCUT2D eigenvalue weighted by Crippen LogP contribution is -2.31. The van der Waals surface area contributed by atoms with Crippen molar-refractivity contribution in [1.82, 2.24) is 4.98 Å². The molecule has 168 valence electrons. The molecule has 0 radical (unpaired) electrons. The first-order valence-electron chi connectivity index (χ1n) is 10.0. The molecule has 9 heteroatoms. The smallest absolute Gasteiger partial charge is 0.296 e. The van der Waals surface area contributed by atoms with E-state index in [1.54, 1.807) is 54.8 Å². The van der Waals surface area contributed by atoms with Gasteiger partial charge in [0.2, 0.25) is 5.78 Å². The van der Waals surface area contributed by atoms with Crippen LogP contribution in [0.3, 0.4) is 0 Å². The number of Topliss-reactive ketones (excluding diaryl/α,β-unsaturated/α-hetero) is 2. The maximum Gasteiger partial charge on any atom is 0.296 e. The van der Waals surface area contributed by atoms with Crippen molar-refractivity contribution in [2.24, 2.45) is 0 Å². The molecule has 0 spiro atoms. The van der Waals surface area contributed by atoms with Crippen LogP contribution in [-0.2, 0) is 4.79 Å². The van der Waals surface area contributed by atoms with E-state index in [2.05, 4.69) is 11.6 Å². The summed E-state index contributed by atoms with van der Waals surface area (Å²) in [6.45, 7) is 7.03. The van der Waals surface area contributed by atoms with Crippen molar-refractivity contribution in [2.45, 2.75) is 19.9 Å². The number of aliphatic hydroxyl groups excluding tert-OH is 1. The maximum atomic E-state index is 13.4. The normalized spacial score (nSPS) is 15.8. The molecule has 0 bridgehead atoms. The Bertz CT molecular complexity index is 1290. The van der Waals surface area contributed by atoms with Gasteiger partial charge >= 0.3 is 0 Å². The van der Waals surface area contributed by atoms with Crippen LogP contribution in [0.25, 0.3) is 0 Å². The molecule has 1 amide bonds. The number of anilines is 1. The standard InChI is InChI=1S/C24H20N2O5S2/c1-4-10-31-16-8-5-7-15(12-16)19-18(20(28)17-9-6-11-32-17)21(29)23(30)26(19)24-25-13(2)22(33-24)14(3)27/h4-9,11-12,19,29H,1,10H2,2-3H3. The molecule has 1 N–H and O–H groups in total. The van der Waals surface area contributed by atoms with Gasteiger partial charge in [-0.25, -0.2) is 4.98 Å². The number of ketones is 2. The molecule has 1 aromatic carbocycles. The van der Waals surface area contributed by atoms with Crippen molar-refractivity contribution < 1.29 is 24.2 Å². The Labute approximate surface area is 198 Å². The Morgan fingerprint density at radius 2 is 2.09 bits per heavy atom. The number of aromatic nitrogens is 1. The molecule has 1 atom stereocenters. The van der Waals surface area contributed by atoms with Crippen LogP contribution >= 0.6 is 22.7 Å². The van der Waals surface area contributed by atoms with Crippen LogP contribution in [-0.4, -0.2) is 34.2 Å². The van der Waals surface area contributed by atoms with Gasteiger partial charge in [-0.05, 0) is 36.1 Å². The average molecular weight is 481 g/mol. The SMILES string of the molecule is C=CCOc1cccc(C2C(C(=O)c3cccs3)=C(O)C(=O)N2c2nc(C)c(C(C)=O)s2)c1. The lowest BCUT2D eigenvalue weighted by molar-refractivity contribution is -0.117. The van der Waals surface area contributed by atoms with Gasteiger partial charge in [-0.2, -0.15) is 0 Å². The number of carbonyl (C=O) groups excluding carboxylic acids is 3. The zero-order chi connectivity index (χ0) is 23.7. The third-order valence-electron chi connectivity index (χ3n) is 5.05. The first-order valence-corrected chi connectivity index (χ1v) is 11.7. The molecule has 0 fully saturated rings. The van der Waals surface area contributed by atoms with Gasteiger partial charge in [-0.3, -0.25) is 19.3 Å². The number of aryl methyl sites for hydroxylation is 1. The van der Waals surface area contributed by atoms with E-state index in [9.17, 15) is 19.5 Å². The molecule has 4 rings (SSSR count). The highest BCUT2D eigenvalue weighted by molar-refractivity contribution is 7.17. The highest BCUT2D eigenvalue weighted by Crippen LogP contribution is 2.44. The number of amides is 1. The van der Waals surface area contributed by atoms with Crippen molar-refractivity contribution in [1.29, 1.82) is 0 Å². The Morgan fingerprint density at radius 3 is 2.73 bits per heavy atom. The molecule has 1 unspecified atom stereocenters. The number of rotatable bonds is 8. The minimum absolute atomic E-state index is 0.0412. The largest absolute Gasteiger partial charge is 0.503 e. The monoisotopic (exact) mass is 480 g/mol. The summed E-state index contributed by atoms with van der Waals surface area (Å²) in [7, 11) is 0. The molecular formula is C24H20N2O5S2. The molecule has 0 saturated heterocycles. The molecule has 1 aliphatic rings. The first kappa shape index (κ1) is 22.6. The molecule has 2 aromatic heterocycles. The topological polar surface area (TPSA) is 96.8 Å². The summed E-state index contributed by atoms with van der Waals surface area (Å²) in [6.07, 6.45) is 1.61. The Balaban J connectivity index is 1.87. The highest BCUT2D eigenvalue weighted by atomic mass is 32.1. The van der Waals surface area contributed by atoms with E-state index in [-0.39, 0.29) is 23.1 Å². The number of thiophene rings is 1. The van der Waals surface area contributed by atoms with Crippen molar-refractivity contribution >= 4 is 45.3 Å². The lowest BCUT2D eigenvalue weighted by Gasteiger charge is -2.24. The number of hydrogen-bond acceptors (Lipinski definition) is 8. The van der Waals surface area contributed by atoms with Crippen molar-refractivity contribution in [3.63, 3.8) is 0 Å². The molecule has 3 aromatic rings. The van der Waals surface area contributed by atoms with Gasteiger partial charge in [0.15, 0.2) is 16.7 Å². The van der Waals surface area contributed by atoms with E-state index in [4.69, 9.17) is 4.74 Å². The fraction of sp³-hybridized carbons (Fsp3) is 0.167. The van der Waals surface area contributed by atoms with Gasteiger partial charge in [0, 0.05) is 6.92 Å². The van der Waals surface area contributed by atoms with Crippen LogP contribution in [0.15, 0.2) is 65.8 Å². The third kappa shape index (κ3) is 4.12. The van der Waals surface area contributed by atoms with E-state index < -0.39 is 23.5 Å². The van der Waals surface area contributed by atoms with E-state index in [1.807, 2.05) is 0 Å². The molecule has 0 aliphatic carbocycles. The molecular weight excluding hydrogens is 460 g/mol. The molecule has 7 nitrogen and oxygen atoms in total. The Morgan fingerprint density at radius 1 is 1.30 bits per heavy atom. The maximum absolute atomic E-state index is 13.4. The highest BCUT2D eigenvalue weighted by Gasteiger charge is 2.46. The second-order valence-corrected chi connectivity index (χ2v) is 9.21. The number of hydrogen-bond donors (Lipinski definition) is 1. The zero-order valence-electron chi connectivity index (χ0n) is 17.9. The predicted octanol–water partition coefficient (Wildman–Crippen LogP) is 5.06. The van der Waals surface area contributed by atoms with Crippen molar-refractivity contribution in [3.8, 4) is 5.75 Å². The molecule has 3 heterocycles. The van der Waals surface area contributed by atoms with E-state index in [0.717, 1.165) is 11.3 Å². The minimum atomic E-state index is -0.940. The van der Waals surface area contributed by atoms with E-state index >= 15 is 0 Å².